The van der Waals surface area contributed by atoms with Crippen LogP contribution < -0.4 is 10.6 Å². The van der Waals surface area contributed by atoms with Gasteiger partial charge in [0.1, 0.15) is 0 Å². The van der Waals surface area contributed by atoms with Gasteiger partial charge in [-0.3, -0.25) is 4.99 Å². The summed E-state index contributed by atoms with van der Waals surface area (Å²) in [4.78, 5) is 4.50. The van der Waals surface area contributed by atoms with E-state index in [9.17, 15) is 0 Å². The molecule has 0 saturated heterocycles. The molecule has 1 aliphatic carbocycles. The van der Waals surface area contributed by atoms with Crippen LogP contribution in [0.3, 0.4) is 0 Å². The van der Waals surface area contributed by atoms with Crippen LogP contribution in [0.1, 0.15) is 71.6 Å². The normalized spacial score (nSPS) is 17.5. The maximum atomic E-state index is 6.01. The number of hydrogen-bond donors (Lipinski definition) is 2. The smallest absolute Gasteiger partial charge is 0.191 e. The van der Waals surface area contributed by atoms with Crippen LogP contribution in [-0.4, -0.2) is 38.3 Å². The minimum absolute atomic E-state index is 0.531. The Labute approximate surface area is 131 Å². The van der Waals surface area contributed by atoms with Crippen LogP contribution in [0.25, 0.3) is 0 Å². The van der Waals surface area contributed by atoms with E-state index in [0.29, 0.717) is 6.10 Å². The average Bonchev–Trinajstić information content (AvgIpc) is 2.76. The fourth-order valence-corrected chi connectivity index (χ4v) is 2.66. The summed E-state index contributed by atoms with van der Waals surface area (Å²) >= 11 is 0. The van der Waals surface area contributed by atoms with Gasteiger partial charge in [-0.25, -0.2) is 0 Å². The van der Waals surface area contributed by atoms with Gasteiger partial charge in [0.2, 0.25) is 0 Å². The van der Waals surface area contributed by atoms with Crippen molar-refractivity contribution in [2.24, 2.45) is 4.99 Å². The summed E-state index contributed by atoms with van der Waals surface area (Å²) in [5.41, 5.74) is 0. The third-order valence-corrected chi connectivity index (χ3v) is 3.86. The van der Waals surface area contributed by atoms with Gasteiger partial charge in [0.25, 0.3) is 0 Å². The third-order valence-electron chi connectivity index (χ3n) is 3.86. The van der Waals surface area contributed by atoms with E-state index in [0.717, 1.165) is 51.5 Å². The predicted molar refractivity (Wildman–Crippen MR) is 90.9 cm³/mol. The molecule has 124 valence electrons. The molecule has 0 heterocycles. The summed E-state index contributed by atoms with van der Waals surface area (Å²) < 4.78 is 6.01. The molecule has 0 aliphatic heterocycles. The second kappa shape index (κ2) is 12.9. The highest BCUT2D eigenvalue weighted by Crippen LogP contribution is 2.19. The monoisotopic (exact) mass is 297 g/mol. The zero-order valence-electron chi connectivity index (χ0n) is 14.1. The summed E-state index contributed by atoms with van der Waals surface area (Å²) in [6, 6.07) is 0. The Morgan fingerprint density at radius 1 is 1.05 bits per heavy atom. The first-order valence-corrected chi connectivity index (χ1v) is 9.00. The average molecular weight is 297 g/mol. The van der Waals surface area contributed by atoms with Crippen molar-refractivity contribution in [2.45, 2.75) is 77.7 Å². The van der Waals surface area contributed by atoms with Crippen LogP contribution in [-0.2, 0) is 4.74 Å². The lowest BCUT2D eigenvalue weighted by molar-refractivity contribution is 0.0411. The van der Waals surface area contributed by atoms with Crippen molar-refractivity contribution in [3.63, 3.8) is 0 Å². The van der Waals surface area contributed by atoms with Gasteiger partial charge in [0.15, 0.2) is 5.96 Å². The van der Waals surface area contributed by atoms with Gasteiger partial charge >= 0.3 is 0 Å². The summed E-state index contributed by atoms with van der Waals surface area (Å²) in [5.74, 6) is 0.948. The summed E-state index contributed by atoms with van der Waals surface area (Å²) in [6.45, 7) is 7.95. The van der Waals surface area contributed by atoms with Crippen molar-refractivity contribution in [1.82, 2.24) is 10.6 Å². The Balaban J connectivity index is 2.02. The zero-order chi connectivity index (χ0) is 15.2. The van der Waals surface area contributed by atoms with Gasteiger partial charge in [0, 0.05) is 26.2 Å². The molecule has 0 amide bonds. The number of rotatable bonds is 9. The van der Waals surface area contributed by atoms with E-state index in [1.807, 2.05) is 0 Å². The van der Waals surface area contributed by atoms with Crippen LogP contribution in [0, 0.1) is 0 Å². The molecule has 4 nitrogen and oxygen atoms in total. The largest absolute Gasteiger partial charge is 0.378 e. The molecule has 4 heteroatoms. The van der Waals surface area contributed by atoms with Crippen molar-refractivity contribution < 1.29 is 4.74 Å². The molecule has 0 aromatic heterocycles. The Kier molecular flexibility index (Phi) is 11.3. The number of ether oxygens (including phenoxy) is 1. The summed E-state index contributed by atoms with van der Waals surface area (Å²) in [6.07, 6.45) is 11.9. The van der Waals surface area contributed by atoms with Gasteiger partial charge in [-0.2, -0.15) is 0 Å². The van der Waals surface area contributed by atoms with E-state index in [4.69, 9.17) is 4.74 Å². The van der Waals surface area contributed by atoms with Gasteiger partial charge in [-0.1, -0.05) is 32.6 Å². The molecule has 1 aliphatic rings. The van der Waals surface area contributed by atoms with Gasteiger partial charge in [-0.05, 0) is 39.0 Å². The first kappa shape index (κ1) is 18.3. The molecule has 0 atom stereocenters. The van der Waals surface area contributed by atoms with Crippen molar-refractivity contribution in [1.29, 1.82) is 0 Å². The molecule has 1 rings (SSSR count). The molecular weight excluding hydrogens is 262 g/mol. The van der Waals surface area contributed by atoms with Gasteiger partial charge < -0.3 is 15.4 Å². The van der Waals surface area contributed by atoms with Crippen molar-refractivity contribution in [3.05, 3.63) is 0 Å². The molecule has 1 fully saturated rings. The van der Waals surface area contributed by atoms with E-state index < -0.39 is 0 Å². The highest BCUT2D eigenvalue weighted by molar-refractivity contribution is 5.79. The van der Waals surface area contributed by atoms with Crippen molar-refractivity contribution in [3.8, 4) is 0 Å². The number of aliphatic imine (C=N–C) groups is 1. The second-order valence-electron chi connectivity index (χ2n) is 5.88. The Morgan fingerprint density at radius 2 is 1.81 bits per heavy atom. The Bertz CT molecular complexity index is 261. The molecule has 21 heavy (non-hydrogen) atoms. The van der Waals surface area contributed by atoms with Crippen molar-refractivity contribution in [2.75, 3.05) is 26.2 Å². The second-order valence-corrected chi connectivity index (χ2v) is 5.88. The zero-order valence-corrected chi connectivity index (χ0v) is 14.1. The first-order valence-electron chi connectivity index (χ1n) is 9.00. The minimum atomic E-state index is 0.531. The highest BCUT2D eigenvalue weighted by Gasteiger charge is 2.11. The number of nitrogens with one attached hydrogen (secondary N) is 2. The van der Waals surface area contributed by atoms with E-state index in [2.05, 4.69) is 29.5 Å². The highest BCUT2D eigenvalue weighted by atomic mass is 16.5. The molecule has 0 spiro atoms. The van der Waals surface area contributed by atoms with Crippen LogP contribution in [0.2, 0.25) is 0 Å². The molecule has 0 radical (unpaired) electrons. The van der Waals surface area contributed by atoms with E-state index in [-0.39, 0.29) is 0 Å². The molecular formula is C17H35N3O. The lowest BCUT2D eigenvalue weighted by atomic mass is 10.1. The number of nitrogens with zero attached hydrogens (tertiary/aromatic N) is 1. The lowest BCUT2D eigenvalue weighted by Crippen LogP contribution is -2.37. The minimum Gasteiger partial charge on any atom is -0.378 e. The predicted octanol–water partition coefficient (Wildman–Crippen LogP) is 3.47. The van der Waals surface area contributed by atoms with Crippen molar-refractivity contribution >= 4 is 5.96 Å². The molecule has 0 unspecified atom stereocenters. The Hall–Kier alpha value is -0.770. The summed E-state index contributed by atoms with van der Waals surface area (Å²) in [5, 5.41) is 6.66. The van der Waals surface area contributed by atoms with E-state index in [1.165, 1.54) is 38.5 Å². The fourth-order valence-electron chi connectivity index (χ4n) is 2.66. The lowest BCUT2D eigenvalue weighted by Gasteiger charge is -2.15. The van der Waals surface area contributed by atoms with Gasteiger partial charge in [-0.15, -0.1) is 0 Å². The third kappa shape index (κ3) is 9.72. The standard InChI is InChI=1S/C17H35N3O/c1-3-13-19-17(18-4-2)20-14-9-10-15-21-16-11-7-5-6-8-12-16/h16H,3-15H2,1-2H3,(H2,18,19,20). The van der Waals surface area contributed by atoms with Gasteiger partial charge in [0.05, 0.1) is 6.10 Å². The van der Waals surface area contributed by atoms with Crippen LogP contribution in [0.5, 0.6) is 0 Å². The maximum Gasteiger partial charge on any atom is 0.191 e. The number of hydrogen-bond acceptors (Lipinski definition) is 2. The SMILES string of the molecule is CCCN=C(NCC)NCCCCOC1CCCCCC1. The molecule has 0 aromatic rings. The van der Waals surface area contributed by atoms with E-state index >= 15 is 0 Å². The summed E-state index contributed by atoms with van der Waals surface area (Å²) in [7, 11) is 0. The molecule has 0 aromatic carbocycles. The maximum absolute atomic E-state index is 6.01. The number of guanidine groups is 1. The number of unbranched alkanes of at least 4 members (excludes halogenated alkanes) is 1. The van der Waals surface area contributed by atoms with Crippen LogP contribution >= 0.6 is 0 Å². The van der Waals surface area contributed by atoms with Crippen LogP contribution in [0.4, 0.5) is 0 Å². The Morgan fingerprint density at radius 3 is 2.48 bits per heavy atom. The fraction of sp³-hybridized carbons (Fsp3) is 0.941. The molecule has 1 saturated carbocycles. The van der Waals surface area contributed by atoms with Crippen LogP contribution in [0.15, 0.2) is 4.99 Å². The molecule has 2 N–H and O–H groups in total. The topological polar surface area (TPSA) is 45.7 Å². The first-order chi connectivity index (χ1) is 10.4. The molecule has 0 bridgehead atoms. The quantitative estimate of drug-likeness (QED) is 0.296. The van der Waals surface area contributed by atoms with E-state index in [1.54, 1.807) is 0 Å².